The van der Waals surface area contributed by atoms with Gasteiger partial charge in [-0.05, 0) is 24.6 Å². The maximum Gasteiger partial charge on any atom is 0.342 e. The van der Waals surface area contributed by atoms with E-state index in [2.05, 4.69) is 10.3 Å². The van der Waals surface area contributed by atoms with Gasteiger partial charge in [-0.2, -0.15) is 0 Å². The number of ketones is 1. The number of hydrogen-bond acceptors (Lipinski definition) is 6. The van der Waals surface area contributed by atoms with Crippen LogP contribution in [0.5, 0.6) is 0 Å². The molecule has 0 aliphatic carbocycles. The molecule has 1 unspecified atom stereocenters. The average Bonchev–Trinajstić information content (AvgIpc) is 2.74. The van der Waals surface area contributed by atoms with E-state index in [1.807, 2.05) is 18.2 Å². The van der Waals surface area contributed by atoms with E-state index in [9.17, 15) is 9.59 Å². The lowest BCUT2D eigenvalue weighted by Crippen LogP contribution is -2.22. The second kappa shape index (κ2) is 6.40. The van der Waals surface area contributed by atoms with Crippen molar-refractivity contribution in [2.75, 3.05) is 13.2 Å². The third-order valence-electron chi connectivity index (χ3n) is 3.01. The van der Waals surface area contributed by atoms with Gasteiger partial charge in [0.25, 0.3) is 0 Å². The summed E-state index contributed by atoms with van der Waals surface area (Å²) in [6.07, 6.45) is 0.648. The number of Topliss-reactive ketones (excluding diaryl/α,β-unsaturated/α-hetero) is 1. The third-order valence-corrected chi connectivity index (χ3v) is 3.01. The summed E-state index contributed by atoms with van der Waals surface area (Å²) in [7, 11) is 0. The zero-order valence-corrected chi connectivity index (χ0v) is 11.1. The summed E-state index contributed by atoms with van der Waals surface area (Å²) < 4.78 is 4.78. The molecular weight excluding hydrogens is 260 g/mol. The van der Waals surface area contributed by atoms with Gasteiger partial charge in [-0.3, -0.25) is 9.78 Å². The summed E-state index contributed by atoms with van der Waals surface area (Å²) in [5.41, 5.74) is 1.52. The number of cyclic esters (lactones) is 1. The van der Waals surface area contributed by atoms with Crippen LogP contribution in [0, 0.1) is 0 Å². The van der Waals surface area contributed by atoms with Gasteiger partial charge in [0.05, 0.1) is 12.3 Å². The van der Waals surface area contributed by atoms with Crippen LogP contribution in [0.2, 0.25) is 0 Å². The number of nitrogens with one attached hydrogen (secondary N) is 1. The fourth-order valence-electron chi connectivity index (χ4n) is 1.98. The zero-order chi connectivity index (χ0) is 14.5. The molecule has 1 saturated heterocycles. The summed E-state index contributed by atoms with van der Waals surface area (Å²) in [6, 6.07) is 5.60. The van der Waals surface area contributed by atoms with Crippen molar-refractivity contribution in [2.24, 2.45) is 0 Å². The van der Waals surface area contributed by atoms with Crippen LogP contribution in [0.3, 0.4) is 0 Å². The summed E-state index contributed by atoms with van der Waals surface area (Å²) in [4.78, 5) is 27.6. The number of ether oxygens (including phenoxy) is 1. The first-order valence-electron chi connectivity index (χ1n) is 6.30. The Bertz CT molecular complexity index is 539. The Kier molecular flexibility index (Phi) is 4.60. The number of aromatic nitrogens is 1. The molecule has 1 aliphatic rings. The summed E-state index contributed by atoms with van der Waals surface area (Å²) in [6.45, 7) is 2.13. The Morgan fingerprint density at radius 3 is 2.85 bits per heavy atom. The van der Waals surface area contributed by atoms with Gasteiger partial charge in [0, 0.05) is 19.3 Å². The lowest BCUT2D eigenvalue weighted by molar-refractivity contribution is -0.142. The van der Waals surface area contributed by atoms with Gasteiger partial charge in [-0.25, -0.2) is 4.79 Å². The van der Waals surface area contributed by atoms with Crippen LogP contribution in [0.25, 0.3) is 0 Å². The highest BCUT2D eigenvalue weighted by atomic mass is 16.6. The Hall–Kier alpha value is -2.05. The summed E-state index contributed by atoms with van der Waals surface area (Å²) in [5.74, 6) is -1.11. The number of pyridine rings is 1. The Morgan fingerprint density at radius 1 is 1.45 bits per heavy atom. The van der Waals surface area contributed by atoms with Gasteiger partial charge in [-0.15, -0.1) is 0 Å². The molecule has 20 heavy (non-hydrogen) atoms. The SMILES string of the molecule is C/C(CNCc1ccccn1)=C1/C(=O)OC(CO)C1=O. The fourth-order valence-corrected chi connectivity index (χ4v) is 1.98. The number of nitrogens with zero attached hydrogens (tertiary/aromatic N) is 1. The van der Waals surface area contributed by atoms with E-state index in [1.165, 1.54) is 0 Å². The number of aliphatic hydroxyl groups excluding tert-OH is 1. The van der Waals surface area contributed by atoms with Crippen LogP contribution in [0.1, 0.15) is 12.6 Å². The van der Waals surface area contributed by atoms with Gasteiger partial charge < -0.3 is 15.2 Å². The molecule has 1 aromatic heterocycles. The molecule has 1 atom stereocenters. The number of rotatable bonds is 5. The molecule has 0 spiro atoms. The molecule has 1 fully saturated rings. The van der Waals surface area contributed by atoms with Gasteiger partial charge in [0.1, 0.15) is 5.57 Å². The normalized spacial score (nSPS) is 21.0. The zero-order valence-electron chi connectivity index (χ0n) is 11.1. The first-order valence-corrected chi connectivity index (χ1v) is 6.30. The predicted octanol–water partition coefficient (Wildman–Crippen LogP) is -0.0255. The van der Waals surface area contributed by atoms with Gasteiger partial charge in [0.2, 0.25) is 5.78 Å². The number of carbonyl (C=O) groups excluding carboxylic acids is 2. The van der Waals surface area contributed by atoms with Crippen LogP contribution < -0.4 is 5.32 Å². The predicted molar refractivity (Wildman–Crippen MR) is 70.6 cm³/mol. The Morgan fingerprint density at radius 2 is 2.25 bits per heavy atom. The fraction of sp³-hybridized carbons (Fsp3) is 0.357. The van der Waals surface area contributed by atoms with E-state index in [0.29, 0.717) is 18.7 Å². The van der Waals surface area contributed by atoms with Crippen LogP contribution in [0.15, 0.2) is 35.5 Å². The molecule has 6 heteroatoms. The second-order valence-corrected chi connectivity index (χ2v) is 4.52. The van der Waals surface area contributed by atoms with Crippen LogP contribution >= 0.6 is 0 Å². The minimum absolute atomic E-state index is 0.0394. The van der Waals surface area contributed by atoms with E-state index < -0.39 is 24.5 Å². The third kappa shape index (κ3) is 3.09. The van der Waals surface area contributed by atoms with Crippen molar-refractivity contribution in [1.29, 1.82) is 0 Å². The molecule has 2 N–H and O–H groups in total. The molecule has 0 bridgehead atoms. The molecule has 1 aromatic rings. The highest BCUT2D eigenvalue weighted by Crippen LogP contribution is 2.19. The van der Waals surface area contributed by atoms with Crippen LogP contribution in [-0.2, 0) is 20.9 Å². The standard InChI is InChI=1S/C14H16N2O4/c1-9(6-15-7-10-4-2-3-5-16-10)12-13(18)11(8-17)20-14(12)19/h2-5,11,15,17H,6-8H2,1H3/b12-9-. The molecule has 0 aromatic carbocycles. The minimum atomic E-state index is -1.05. The number of carbonyl (C=O) groups is 2. The largest absolute Gasteiger partial charge is 0.448 e. The molecule has 0 radical (unpaired) electrons. The van der Waals surface area contributed by atoms with Crippen LogP contribution in [0.4, 0.5) is 0 Å². The summed E-state index contributed by atoms with van der Waals surface area (Å²) in [5, 5.41) is 12.0. The molecule has 0 saturated carbocycles. The minimum Gasteiger partial charge on any atom is -0.448 e. The van der Waals surface area contributed by atoms with E-state index in [-0.39, 0.29) is 5.57 Å². The van der Waals surface area contributed by atoms with Crippen molar-refractivity contribution < 1.29 is 19.4 Å². The van der Waals surface area contributed by atoms with E-state index in [0.717, 1.165) is 5.69 Å². The maximum atomic E-state index is 11.8. The topological polar surface area (TPSA) is 88.5 Å². The molecule has 0 amide bonds. The molecular formula is C14H16N2O4. The van der Waals surface area contributed by atoms with Crippen molar-refractivity contribution >= 4 is 11.8 Å². The van der Waals surface area contributed by atoms with Crippen molar-refractivity contribution in [3.05, 3.63) is 41.2 Å². The average molecular weight is 276 g/mol. The lowest BCUT2D eigenvalue weighted by Gasteiger charge is -2.05. The molecule has 2 heterocycles. The van der Waals surface area contributed by atoms with E-state index in [4.69, 9.17) is 9.84 Å². The highest BCUT2D eigenvalue weighted by Gasteiger charge is 2.38. The van der Waals surface area contributed by atoms with Gasteiger partial charge in [0.15, 0.2) is 6.10 Å². The van der Waals surface area contributed by atoms with Crippen LogP contribution in [-0.4, -0.2) is 41.1 Å². The second-order valence-electron chi connectivity index (χ2n) is 4.52. The molecule has 106 valence electrons. The van der Waals surface area contributed by atoms with Crippen molar-refractivity contribution in [3.63, 3.8) is 0 Å². The van der Waals surface area contributed by atoms with E-state index in [1.54, 1.807) is 13.1 Å². The van der Waals surface area contributed by atoms with Crippen molar-refractivity contribution in [1.82, 2.24) is 10.3 Å². The molecule has 2 rings (SSSR count). The first kappa shape index (κ1) is 14.4. The quantitative estimate of drug-likeness (QED) is 0.446. The Labute approximate surface area is 116 Å². The lowest BCUT2D eigenvalue weighted by atomic mass is 10.0. The number of hydrogen-bond donors (Lipinski definition) is 2. The number of esters is 1. The summed E-state index contributed by atoms with van der Waals surface area (Å²) >= 11 is 0. The molecule has 1 aliphatic heterocycles. The van der Waals surface area contributed by atoms with Gasteiger partial charge >= 0.3 is 5.97 Å². The van der Waals surface area contributed by atoms with Crippen molar-refractivity contribution in [3.8, 4) is 0 Å². The molecule has 6 nitrogen and oxygen atoms in total. The Balaban J connectivity index is 1.97. The smallest absolute Gasteiger partial charge is 0.342 e. The monoisotopic (exact) mass is 276 g/mol. The van der Waals surface area contributed by atoms with Gasteiger partial charge in [-0.1, -0.05) is 6.07 Å². The number of aliphatic hydroxyl groups is 1. The van der Waals surface area contributed by atoms with Crippen molar-refractivity contribution in [2.45, 2.75) is 19.6 Å². The maximum absolute atomic E-state index is 11.8. The first-order chi connectivity index (χ1) is 9.63. The highest BCUT2D eigenvalue weighted by molar-refractivity contribution is 6.23. The van der Waals surface area contributed by atoms with E-state index >= 15 is 0 Å².